The molecule has 0 spiro atoms. The molecule has 5 N–H and O–H groups in total. The van der Waals surface area contributed by atoms with Crippen molar-refractivity contribution in [3.63, 3.8) is 0 Å². The van der Waals surface area contributed by atoms with Gasteiger partial charge in [-0.05, 0) is 159 Å². The standard InChI is InChI=1S/C40H42N5O7P.C35H56N5O7P.C30H37N4O8P/c1-6-40-23-49-34(35(40)52-53(50-21-9-19-41)45(24(2)3)25(4)5)38(51-40)44-22-29(36(46)43-39(44)48)12-8-20-42-37(47)31-18-16-28-14-13-26-10-7-11-27-15-17-30(31)33(28)32(26)27;1-8-10-11-12-13-14-15-16-17-20-29(41)37-21-18-19-28-24-39(34(43)38-32(28)42)33-30-31(35(9-2,46-33)25-44-30)47-48(45-23-22-36-7)40(26(3)4)27(5)6;1-7-30-19-39-24(25(30)42-43(40-17-15-31-6)34(20(2)3)21(4)5)27(41-30)33-18-23(26(35)32-29(33)37)14-11-16-38-28(36)22-12-9-8-10-13-22/h7,10-11,13-18,22,24-25,34-35,38H,6,9,20-21,23H2,1-5H3,(H,42,47)(H,43,46,48);24,26-27,30-31,33H,8-17,20-23,25H2,1-6H3,(H,37,41)(H,38,42,43);8-10,12-13,18,20-21,24-25,27H,7,15-17,19H2,1-5H3,(H,32,35,37)/t34?,35-,38+,40+,53?;30?,31-,33+,35+,48?;24?,25-,27+,30+,43?/m000/s1. The monoisotopic (exact) mass is 2040 g/mol. The molecule has 36 nitrogen and oxygen atoms in total. The maximum Gasteiger partial charge on any atom is 0.339 e. The van der Waals surface area contributed by atoms with Crippen LogP contribution in [-0.4, -0.2) is 223 Å². The van der Waals surface area contributed by atoms with E-state index in [4.69, 9.17) is 78.7 Å². The molecular formula is C105H135N14O22P3. The fourth-order valence-electron chi connectivity index (χ4n) is 18.9. The summed E-state index contributed by atoms with van der Waals surface area (Å²) in [5, 5.41) is 21.1. The average Bonchev–Trinajstić information content (AvgIpc) is 1.57. The van der Waals surface area contributed by atoms with Crippen LogP contribution in [0.1, 0.15) is 257 Å². The average molecular weight is 2040 g/mol. The summed E-state index contributed by atoms with van der Waals surface area (Å²) in [7, 11) is -4.79. The van der Waals surface area contributed by atoms with Crippen LogP contribution in [0.4, 0.5) is 0 Å². The summed E-state index contributed by atoms with van der Waals surface area (Å²) >= 11 is 0. The first-order valence-corrected chi connectivity index (χ1v) is 53.2. The van der Waals surface area contributed by atoms with E-state index in [2.05, 4.69) is 205 Å². The molecule has 5 aromatic carbocycles. The lowest BCUT2D eigenvalue weighted by molar-refractivity contribution is -0.175. The third-order valence-electron chi connectivity index (χ3n) is 26.0. The van der Waals surface area contributed by atoms with Crippen LogP contribution >= 0.6 is 25.6 Å². The predicted molar refractivity (Wildman–Crippen MR) is 550 cm³/mol. The summed E-state index contributed by atoms with van der Waals surface area (Å²) < 4.78 is 92.0. The van der Waals surface area contributed by atoms with E-state index in [1.165, 1.54) is 70.8 Å². The van der Waals surface area contributed by atoms with Gasteiger partial charge in [-0.2, -0.15) is 5.26 Å². The Morgan fingerprint density at radius 2 is 0.868 bits per heavy atom. The molecule has 6 aliphatic rings. The number of amides is 2. The molecule has 6 unspecified atom stereocenters. The van der Waals surface area contributed by atoms with Crippen LogP contribution < -0.4 is 44.4 Å². The molecule has 9 heterocycles. The van der Waals surface area contributed by atoms with Gasteiger partial charge in [0, 0.05) is 66.8 Å². The Labute approximate surface area is 844 Å². The van der Waals surface area contributed by atoms with Crippen molar-refractivity contribution in [1.82, 2.24) is 53.3 Å². The largest absolute Gasteiger partial charge is 0.449 e. The predicted octanol–water partition coefficient (Wildman–Crippen LogP) is 15.1. The molecule has 39 heteroatoms. The second kappa shape index (κ2) is 52.7. The van der Waals surface area contributed by atoms with Crippen molar-refractivity contribution in [2.24, 2.45) is 0 Å². The molecule has 6 saturated heterocycles. The fourth-order valence-corrected chi connectivity index (χ4v) is 24.3. The third-order valence-corrected chi connectivity index (χ3v) is 32.3. The Morgan fingerprint density at radius 3 is 1.27 bits per heavy atom. The zero-order valence-electron chi connectivity index (χ0n) is 85.0. The van der Waals surface area contributed by atoms with Crippen LogP contribution in [0.15, 0.2) is 132 Å². The maximum atomic E-state index is 13.4. The van der Waals surface area contributed by atoms with E-state index < -0.39 is 137 Å². The zero-order valence-corrected chi connectivity index (χ0v) is 87.7. The van der Waals surface area contributed by atoms with E-state index in [0.29, 0.717) is 36.8 Å². The fraction of sp³-hybridized carbons (Fsp3) is 0.562. The summed E-state index contributed by atoms with van der Waals surface area (Å²) in [6.45, 7) is 48.8. The van der Waals surface area contributed by atoms with Gasteiger partial charge in [0.25, 0.3) is 48.2 Å². The maximum absolute atomic E-state index is 13.4. The SMILES string of the molecule is CC[C@]12COC([C@H](n3cc(C#CCNC(=O)c4ccc5ccc6cccc7ccc4c5c67)c(=O)[nH]c3=O)O1)[C@@H]2OP(OCCC#N)N(C(C)C)C(C)C.[C-]#[N+]CCOP(O[C@H]1C2OC[C@@]1(CC)O[C@H]2n1cc(C#CCNC(=O)CCCCCCCCCCC)c(=O)[nH]c1=O)N(C(C)C)C(C)C.[C-]#[N+]CCOP(O[C@H]1C2OC[C@@]1(CC)O[C@H]2n1cc(C#CCOC(=O)c2ccccc2)c(=O)[nH]c1=O)N(C(C)C)C(C)C. The quantitative estimate of drug-likeness (QED) is 0.00591. The lowest BCUT2D eigenvalue weighted by Crippen LogP contribution is -2.43. The Balaban J connectivity index is 0.000000194. The lowest BCUT2D eigenvalue weighted by atomic mass is 9.92. The van der Waals surface area contributed by atoms with Crippen molar-refractivity contribution in [3.8, 4) is 41.6 Å². The minimum Gasteiger partial charge on any atom is -0.449 e. The Bertz CT molecular complexity index is 6410. The molecule has 6 bridgehead atoms. The number of carbonyl (C=O) groups is 3. The first-order valence-electron chi connectivity index (χ1n) is 49.8. The number of nitrogens with zero attached hydrogens (tertiary/aromatic N) is 9. The van der Waals surface area contributed by atoms with E-state index in [1.807, 2.05) is 51.1 Å². The van der Waals surface area contributed by atoms with Crippen molar-refractivity contribution >= 4 is 75.7 Å². The molecule has 0 saturated carbocycles. The molecule has 144 heavy (non-hydrogen) atoms. The number of aromatic nitrogens is 6. The normalized spacial score (nSPS) is 22.3. The number of nitrogens with one attached hydrogen (secondary N) is 5. The van der Waals surface area contributed by atoms with Crippen LogP contribution in [0.2, 0.25) is 0 Å². The second-order valence-electron chi connectivity index (χ2n) is 37.8. The van der Waals surface area contributed by atoms with Gasteiger partial charge >= 0.3 is 23.0 Å². The molecule has 14 rings (SSSR count). The summed E-state index contributed by atoms with van der Waals surface area (Å²) in [6, 6.07) is 29.3. The van der Waals surface area contributed by atoms with Gasteiger partial charge in [0.2, 0.25) is 19.0 Å². The van der Waals surface area contributed by atoms with Crippen LogP contribution in [0.25, 0.3) is 42.0 Å². The molecular weight excluding hydrogens is 1900 g/mol. The van der Waals surface area contributed by atoms with E-state index >= 15 is 0 Å². The first kappa shape index (κ1) is 112. The third kappa shape index (κ3) is 26.7. The number of hydrogen-bond acceptors (Lipinski definition) is 26. The number of hydrogen-bond donors (Lipinski definition) is 5. The van der Waals surface area contributed by atoms with Crippen molar-refractivity contribution < 1.29 is 74.7 Å². The molecule has 2 amide bonds. The molecule has 8 aromatic rings. The minimum absolute atomic E-state index is 0.000250. The van der Waals surface area contributed by atoms with Gasteiger partial charge in [0.15, 0.2) is 25.3 Å². The van der Waals surface area contributed by atoms with E-state index in [9.17, 15) is 43.2 Å². The molecule has 6 aliphatic heterocycles. The number of H-pyrrole nitrogens is 3. The molecule has 6 fully saturated rings. The molecule has 3 aromatic heterocycles. The number of ether oxygens (including phenoxy) is 7. The van der Waals surface area contributed by atoms with Gasteiger partial charge in [-0.1, -0.05) is 181 Å². The second-order valence-corrected chi connectivity index (χ2v) is 42.0. The number of aromatic amines is 3. The smallest absolute Gasteiger partial charge is 0.339 e. The number of fused-ring (bicyclic) bond motifs is 6. The molecule has 15 atom stereocenters. The number of esters is 1. The highest BCUT2D eigenvalue weighted by molar-refractivity contribution is 7.45. The number of unbranched alkanes of at least 4 members (excludes halogenated alkanes) is 8. The highest BCUT2D eigenvalue weighted by Gasteiger charge is 2.66. The van der Waals surface area contributed by atoms with Gasteiger partial charge in [-0.3, -0.25) is 52.6 Å². The van der Waals surface area contributed by atoms with Crippen molar-refractivity contribution in [2.75, 3.05) is 72.4 Å². The van der Waals surface area contributed by atoms with Crippen molar-refractivity contribution in [2.45, 2.75) is 309 Å². The molecule has 0 aliphatic carbocycles. The van der Waals surface area contributed by atoms with Gasteiger partial charge in [-0.25, -0.2) is 46.3 Å². The number of carbonyl (C=O) groups excluding carboxylic acids is 3. The molecule has 0 radical (unpaired) electrons. The van der Waals surface area contributed by atoms with Crippen molar-refractivity contribution in [1.29, 1.82) is 5.26 Å². The van der Waals surface area contributed by atoms with E-state index in [-0.39, 0.29) is 144 Å². The zero-order chi connectivity index (χ0) is 104. The van der Waals surface area contributed by atoms with Gasteiger partial charge in [0.1, 0.15) is 83.3 Å². The summed E-state index contributed by atoms with van der Waals surface area (Å²) in [4.78, 5) is 129. The van der Waals surface area contributed by atoms with Crippen molar-refractivity contribution in [3.05, 3.63) is 217 Å². The van der Waals surface area contributed by atoms with Crippen LogP contribution in [0.5, 0.6) is 0 Å². The highest BCUT2D eigenvalue weighted by Crippen LogP contribution is 2.60. The van der Waals surface area contributed by atoms with Gasteiger partial charge in [-0.15, -0.1) is 0 Å². The first-order chi connectivity index (χ1) is 69.3. The Hall–Kier alpha value is -10.6. The minimum atomic E-state index is -1.62. The van der Waals surface area contributed by atoms with Crippen LogP contribution in [-0.2, 0) is 65.1 Å². The van der Waals surface area contributed by atoms with E-state index in [1.54, 1.807) is 30.3 Å². The highest BCUT2D eigenvalue weighted by atomic mass is 31.2. The number of benzene rings is 5. The van der Waals surface area contributed by atoms with Gasteiger partial charge in [0.05, 0.1) is 57.6 Å². The van der Waals surface area contributed by atoms with E-state index in [0.717, 1.165) is 51.6 Å². The van der Waals surface area contributed by atoms with Crippen LogP contribution in [0, 0.1) is 60.0 Å². The number of rotatable bonds is 45. The Kier molecular flexibility index (Phi) is 41.0. The summed E-state index contributed by atoms with van der Waals surface area (Å²) in [5.74, 6) is 15.8. The van der Waals surface area contributed by atoms with Crippen LogP contribution in [0.3, 0.4) is 0 Å². The van der Waals surface area contributed by atoms with Gasteiger partial charge < -0.3 is 80.6 Å². The summed E-state index contributed by atoms with van der Waals surface area (Å²) in [5.41, 5.74) is -5.48. The molecule has 772 valence electrons. The summed E-state index contributed by atoms with van der Waals surface area (Å²) in [6.07, 6.45) is 10.6. The Morgan fingerprint density at radius 1 is 0.486 bits per heavy atom. The number of nitriles is 1. The topological polar surface area (TPSA) is 402 Å². The lowest BCUT2D eigenvalue weighted by Gasteiger charge is -2.38.